The van der Waals surface area contributed by atoms with Crippen molar-refractivity contribution in [1.29, 1.82) is 0 Å². The molecule has 4 aromatic rings. The van der Waals surface area contributed by atoms with Crippen molar-refractivity contribution in [3.05, 3.63) is 94.9 Å². The highest BCUT2D eigenvalue weighted by Gasteiger charge is 2.37. The first kappa shape index (κ1) is 22.9. The molecule has 2 aliphatic heterocycles. The molecule has 0 spiro atoms. The number of nitrogens with zero attached hydrogens (tertiary/aromatic N) is 4. The number of morpholine rings is 1. The zero-order valence-corrected chi connectivity index (χ0v) is 19.9. The monoisotopic (exact) mass is 496 g/mol. The fourth-order valence-electron chi connectivity index (χ4n) is 4.76. The molecule has 0 aliphatic carbocycles. The normalized spacial score (nSPS) is 17.2. The number of para-hydroxylation sites is 3. The second-order valence-corrected chi connectivity index (χ2v) is 8.87. The van der Waals surface area contributed by atoms with Crippen molar-refractivity contribution in [2.24, 2.45) is 0 Å². The third-order valence-electron chi connectivity index (χ3n) is 6.63. The van der Waals surface area contributed by atoms with Gasteiger partial charge in [-0.1, -0.05) is 48.5 Å². The molecule has 1 fully saturated rings. The summed E-state index contributed by atoms with van der Waals surface area (Å²) >= 11 is 0. The van der Waals surface area contributed by atoms with Crippen molar-refractivity contribution in [1.82, 2.24) is 14.7 Å². The summed E-state index contributed by atoms with van der Waals surface area (Å²) in [6.07, 6.45) is -0.872. The van der Waals surface area contributed by atoms with Crippen LogP contribution >= 0.6 is 0 Å². The molecule has 3 heterocycles. The van der Waals surface area contributed by atoms with E-state index >= 15 is 0 Å². The van der Waals surface area contributed by atoms with E-state index in [0.717, 1.165) is 0 Å². The van der Waals surface area contributed by atoms with Crippen LogP contribution in [0.5, 0.6) is 5.75 Å². The molecule has 2 amide bonds. The van der Waals surface area contributed by atoms with Crippen LogP contribution in [0, 0.1) is 0 Å². The van der Waals surface area contributed by atoms with Gasteiger partial charge in [0.2, 0.25) is 0 Å². The second-order valence-electron chi connectivity index (χ2n) is 8.87. The Morgan fingerprint density at radius 1 is 0.838 bits per heavy atom. The van der Waals surface area contributed by atoms with E-state index in [1.807, 2.05) is 12.1 Å². The molecule has 6 rings (SSSR count). The van der Waals surface area contributed by atoms with Crippen LogP contribution in [0.15, 0.2) is 83.7 Å². The number of rotatable bonds is 3. The van der Waals surface area contributed by atoms with Crippen LogP contribution in [-0.4, -0.2) is 65.4 Å². The van der Waals surface area contributed by atoms with Crippen LogP contribution in [0.4, 0.5) is 5.69 Å². The Labute approximate surface area is 212 Å². The Bertz CT molecular complexity index is 1550. The number of hydrogen-bond donors (Lipinski definition) is 0. The van der Waals surface area contributed by atoms with E-state index in [1.54, 1.807) is 71.6 Å². The summed E-state index contributed by atoms with van der Waals surface area (Å²) in [6.45, 7) is 1.90. The summed E-state index contributed by atoms with van der Waals surface area (Å²) in [6, 6.07) is 23.0. The Morgan fingerprint density at radius 3 is 2.30 bits per heavy atom. The summed E-state index contributed by atoms with van der Waals surface area (Å²) in [4.78, 5) is 44.0. The molecule has 186 valence electrons. The number of benzene rings is 3. The lowest BCUT2D eigenvalue weighted by atomic mass is 10.1. The molecule has 2 aliphatic rings. The van der Waals surface area contributed by atoms with Crippen molar-refractivity contribution in [2.45, 2.75) is 6.10 Å². The maximum absolute atomic E-state index is 14.2. The molecule has 1 aromatic heterocycles. The number of carbonyl (C=O) groups excluding carboxylic acids is 2. The summed E-state index contributed by atoms with van der Waals surface area (Å²) in [5.41, 5.74) is 0.895. The van der Waals surface area contributed by atoms with Gasteiger partial charge in [0.25, 0.3) is 17.4 Å². The van der Waals surface area contributed by atoms with Crippen molar-refractivity contribution >= 4 is 28.3 Å². The first-order valence-electron chi connectivity index (χ1n) is 12.1. The fraction of sp³-hybridized carbons (Fsp3) is 0.214. The Kier molecular flexibility index (Phi) is 5.90. The summed E-state index contributed by atoms with van der Waals surface area (Å²) < 4.78 is 12.7. The van der Waals surface area contributed by atoms with E-state index in [4.69, 9.17) is 9.47 Å². The largest absolute Gasteiger partial charge is 0.476 e. The molecule has 0 unspecified atom stereocenters. The summed E-state index contributed by atoms with van der Waals surface area (Å²) in [5, 5.41) is 5.37. The molecule has 37 heavy (non-hydrogen) atoms. The molecule has 1 atom stereocenters. The van der Waals surface area contributed by atoms with Gasteiger partial charge in [-0.15, -0.1) is 0 Å². The fourth-order valence-corrected chi connectivity index (χ4v) is 4.76. The maximum Gasteiger partial charge on any atom is 0.279 e. The van der Waals surface area contributed by atoms with E-state index in [0.29, 0.717) is 54.2 Å². The first-order valence-corrected chi connectivity index (χ1v) is 12.1. The van der Waals surface area contributed by atoms with Gasteiger partial charge in [-0.2, -0.15) is 9.78 Å². The number of carbonyl (C=O) groups is 2. The highest BCUT2D eigenvalue weighted by molar-refractivity contribution is 6.13. The van der Waals surface area contributed by atoms with Crippen LogP contribution in [0.2, 0.25) is 0 Å². The highest BCUT2D eigenvalue weighted by Crippen LogP contribution is 2.35. The van der Waals surface area contributed by atoms with Crippen molar-refractivity contribution in [2.75, 3.05) is 37.7 Å². The Hall–Kier alpha value is -4.50. The average Bonchev–Trinajstić information content (AvgIpc) is 2.97. The molecule has 0 radical (unpaired) electrons. The molecule has 9 heteroatoms. The topological polar surface area (TPSA) is 94.0 Å². The second kappa shape index (κ2) is 9.51. The van der Waals surface area contributed by atoms with Gasteiger partial charge in [-0.05, 0) is 30.3 Å². The van der Waals surface area contributed by atoms with Crippen LogP contribution < -0.4 is 15.2 Å². The van der Waals surface area contributed by atoms with Gasteiger partial charge in [-0.25, -0.2) is 0 Å². The highest BCUT2D eigenvalue weighted by atomic mass is 16.5. The molecular weight excluding hydrogens is 472 g/mol. The Balaban J connectivity index is 1.45. The van der Waals surface area contributed by atoms with E-state index in [2.05, 4.69) is 5.10 Å². The van der Waals surface area contributed by atoms with Gasteiger partial charge in [-0.3, -0.25) is 19.3 Å². The molecule has 9 nitrogen and oxygen atoms in total. The minimum atomic E-state index is -0.872. The van der Waals surface area contributed by atoms with Crippen molar-refractivity contribution in [3.8, 4) is 11.4 Å². The van der Waals surface area contributed by atoms with Gasteiger partial charge in [0.1, 0.15) is 5.75 Å². The van der Waals surface area contributed by atoms with E-state index < -0.39 is 12.0 Å². The lowest BCUT2D eigenvalue weighted by molar-refractivity contribution is -0.142. The number of anilines is 1. The van der Waals surface area contributed by atoms with Gasteiger partial charge in [0, 0.05) is 18.5 Å². The van der Waals surface area contributed by atoms with Crippen molar-refractivity contribution < 1.29 is 19.1 Å². The summed E-state index contributed by atoms with van der Waals surface area (Å²) in [7, 11) is 0. The zero-order chi connectivity index (χ0) is 25.4. The zero-order valence-electron chi connectivity index (χ0n) is 19.9. The predicted octanol–water partition coefficient (Wildman–Crippen LogP) is 2.65. The minimum Gasteiger partial charge on any atom is -0.476 e. The van der Waals surface area contributed by atoms with Crippen LogP contribution in [-0.2, 0) is 9.53 Å². The molecule has 0 bridgehead atoms. The van der Waals surface area contributed by atoms with Gasteiger partial charge in [0.05, 0.1) is 36.5 Å². The molecule has 0 saturated carbocycles. The standard InChI is InChI=1S/C28H24N4O5/c33-26-21-11-5-4-10-20(21)25(29-32(26)19-8-2-1-3-9-19)28(35)31-18-24(27(34)30-14-16-36-17-15-30)37-23-13-7-6-12-22(23)31/h1-13,24H,14-18H2/t24-/m0/s1. The number of fused-ring (bicyclic) bond motifs is 2. The smallest absolute Gasteiger partial charge is 0.279 e. The van der Waals surface area contributed by atoms with Gasteiger partial charge >= 0.3 is 0 Å². The molecule has 1 saturated heterocycles. The lowest BCUT2D eigenvalue weighted by Gasteiger charge is -2.37. The lowest BCUT2D eigenvalue weighted by Crippen LogP contribution is -2.54. The van der Waals surface area contributed by atoms with Gasteiger partial charge in [0.15, 0.2) is 11.8 Å². The number of aromatic nitrogens is 2. The third-order valence-corrected chi connectivity index (χ3v) is 6.63. The number of amides is 2. The van der Waals surface area contributed by atoms with Gasteiger partial charge < -0.3 is 14.4 Å². The number of ether oxygens (including phenoxy) is 2. The van der Waals surface area contributed by atoms with E-state index in [1.165, 1.54) is 9.58 Å². The van der Waals surface area contributed by atoms with Crippen LogP contribution in [0.3, 0.4) is 0 Å². The molecular formula is C28H24N4O5. The molecule has 0 N–H and O–H groups in total. The summed E-state index contributed by atoms with van der Waals surface area (Å²) in [5.74, 6) is -0.173. The van der Waals surface area contributed by atoms with Crippen molar-refractivity contribution in [3.63, 3.8) is 0 Å². The SMILES string of the molecule is O=C([C@@H]1CN(C(=O)c2nn(-c3ccccc3)c(=O)c3ccccc23)c2ccccc2O1)N1CCOCC1. The minimum absolute atomic E-state index is 0.0203. The van der Waals surface area contributed by atoms with Crippen LogP contribution in [0.1, 0.15) is 10.5 Å². The van der Waals surface area contributed by atoms with E-state index in [9.17, 15) is 14.4 Å². The predicted molar refractivity (Wildman–Crippen MR) is 137 cm³/mol. The van der Waals surface area contributed by atoms with Crippen LogP contribution in [0.25, 0.3) is 16.5 Å². The molecule has 3 aromatic carbocycles. The quantitative estimate of drug-likeness (QED) is 0.433. The average molecular weight is 497 g/mol. The Morgan fingerprint density at radius 2 is 1.51 bits per heavy atom. The number of hydrogen-bond acceptors (Lipinski definition) is 6. The third kappa shape index (κ3) is 4.13. The maximum atomic E-state index is 14.2. The first-order chi connectivity index (χ1) is 18.1. The van der Waals surface area contributed by atoms with E-state index in [-0.39, 0.29) is 23.7 Å².